The summed E-state index contributed by atoms with van der Waals surface area (Å²) in [4.78, 5) is 11.0. The van der Waals surface area contributed by atoms with Crippen LogP contribution in [-0.4, -0.2) is 25.3 Å². The van der Waals surface area contributed by atoms with Crippen molar-refractivity contribution in [2.45, 2.75) is 109 Å². The van der Waals surface area contributed by atoms with E-state index in [4.69, 9.17) is 4.74 Å². The van der Waals surface area contributed by atoms with E-state index in [0.717, 1.165) is 19.3 Å². The lowest BCUT2D eigenvalue weighted by Gasteiger charge is -2.00. The predicted octanol–water partition coefficient (Wildman–Crippen LogP) is 5.41. The van der Waals surface area contributed by atoms with E-state index < -0.39 is 0 Å². The SMILES string of the molecule is CCCCCCCCCCCCC#CC1O[C@@H]1CCCC(=O)OC. The van der Waals surface area contributed by atoms with Crippen molar-refractivity contribution in [3.63, 3.8) is 0 Å². The van der Waals surface area contributed by atoms with E-state index >= 15 is 0 Å². The minimum atomic E-state index is -0.140. The van der Waals surface area contributed by atoms with Gasteiger partial charge in [-0.3, -0.25) is 4.79 Å². The molecule has 0 radical (unpaired) electrons. The van der Waals surface area contributed by atoms with Gasteiger partial charge in [0.1, 0.15) is 6.10 Å². The fourth-order valence-electron chi connectivity index (χ4n) is 2.91. The van der Waals surface area contributed by atoms with Crippen LogP contribution < -0.4 is 0 Å². The molecule has 1 unspecified atom stereocenters. The Hall–Kier alpha value is -1.01. The maximum absolute atomic E-state index is 11.0. The molecular formula is C21H36O3. The Labute approximate surface area is 148 Å². The highest BCUT2D eigenvalue weighted by atomic mass is 16.6. The molecule has 1 rings (SSSR count). The number of ether oxygens (including phenoxy) is 2. The van der Waals surface area contributed by atoms with Gasteiger partial charge in [-0.05, 0) is 19.3 Å². The van der Waals surface area contributed by atoms with Gasteiger partial charge in [-0.1, -0.05) is 70.6 Å². The maximum atomic E-state index is 11.0. The average Bonchev–Trinajstić information content (AvgIpc) is 3.34. The minimum Gasteiger partial charge on any atom is -0.469 e. The van der Waals surface area contributed by atoms with E-state index in [1.165, 1.54) is 71.3 Å². The molecule has 1 aliphatic rings. The molecule has 3 nitrogen and oxygen atoms in total. The van der Waals surface area contributed by atoms with Crippen LogP contribution in [0, 0.1) is 11.8 Å². The van der Waals surface area contributed by atoms with Crippen LogP contribution in [0.1, 0.15) is 96.8 Å². The summed E-state index contributed by atoms with van der Waals surface area (Å²) in [5.74, 6) is 6.31. The third kappa shape index (κ3) is 11.5. The highest BCUT2D eigenvalue weighted by Crippen LogP contribution is 2.26. The molecule has 1 fully saturated rings. The third-order valence-corrected chi connectivity index (χ3v) is 4.58. The van der Waals surface area contributed by atoms with Crippen LogP contribution in [0.4, 0.5) is 0 Å². The largest absolute Gasteiger partial charge is 0.469 e. The summed E-state index contributed by atoms with van der Waals surface area (Å²) in [5.41, 5.74) is 0. The van der Waals surface area contributed by atoms with Gasteiger partial charge in [0.05, 0.1) is 13.2 Å². The molecule has 0 spiro atoms. The lowest BCUT2D eigenvalue weighted by atomic mass is 10.1. The number of hydrogen-bond acceptors (Lipinski definition) is 3. The first-order valence-electron chi connectivity index (χ1n) is 9.98. The van der Waals surface area contributed by atoms with E-state index in [-0.39, 0.29) is 18.2 Å². The molecule has 0 aromatic heterocycles. The Morgan fingerprint density at radius 2 is 1.58 bits per heavy atom. The zero-order valence-corrected chi connectivity index (χ0v) is 15.8. The molecule has 24 heavy (non-hydrogen) atoms. The van der Waals surface area contributed by atoms with Crippen LogP contribution in [0.25, 0.3) is 0 Å². The molecule has 1 aliphatic heterocycles. The van der Waals surface area contributed by atoms with Crippen molar-refractivity contribution in [3.05, 3.63) is 0 Å². The van der Waals surface area contributed by atoms with Gasteiger partial charge in [-0.25, -0.2) is 0 Å². The predicted molar refractivity (Wildman–Crippen MR) is 98.8 cm³/mol. The summed E-state index contributed by atoms with van der Waals surface area (Å²) < 4.78 is 10.1. The summed E-state index contributed by atoms with van der Waals surface area (Å²) in [6.45, 7) is 2.27. The molecule has 138 valence electrons. The summed E-state index contributed by atoms with van der Waals surface area (Å²) >= 11 is 0. The van der Waals surface area contributed by atoms with Crippen LogP contribution in [0.15, 0.2) is 0 Å². The number of hydrogen-bond donors (Lipinski definition) is 0. The molecule has 1 saturated heterocycles. The number of carbonyl (C=O) groups is 1. The van der Waals surface area contributed by atoms with E-state index in [1.807, 2.05) is 0 Å². The molecule has 0 aromatic rings. The highest BCUT2D eigenvalue weighted by Gasteiger charge is 2.36. The van der Waals surface area contributed by atoms with E-state index in [9.17, 15) is 4.79 Å². The molecule has 0 amide bonds. The van der Waals surface area contributed by atoms with Crippen LogP contribution in [-0.2, 0) is 14.3 Å². The van der Waals surface area contributed by atoms with Gasteiger partial charge in [-0.15, -0.1) is 5.92 Å². The summed E-state index contributed by atoms with van der Waals surface area (Å²) in [5, 5.41) is 0. The number of epoxide rings is 1. The summed E-state index contributed by atoms with van der Waals surface area (Å²) in [7, 11) is 1.43. The average molecular weight is 337 g/mol. The van der Waals surface area contributed by atoms with Crippen molar-refractivity contribution in [1.29, 1.82) is 0 Å². The Morgan fingerprint density at radius 1 is 0.958 bits per heavy atom. The van der Waals surface area contributed by atoms with Gasteiger partial charge in [0.15, 0.2) is 0 Å². The number of rotatable bonds is 14. The summed E-state index contributed by atoms with van der Waals surface area (Å²) in [6, 6.07) is 0. The van der Waals surface area contributed by atoms with Crippen molar-refractivity contribution in [1.82, 2.24) is 0 Å². The van der Waals surface area contributed by atoms with Crippen molar-refractivity contribution < 1.29 is 14.3 Å². The lowest BCUT2D eigenvalue weighted by Crippen LogP contribution is -2.01. The van der Waals surface area contributed by atoms with E-state index in [2.05, 4.69) is 23.5 Å². The molecule has 0 saturated carbocycles. The van der Waals surface area contributed by atoms with E-state index in [0.29, 0.717) is 6.42 Å². The van der Waals surface area contributed by atoms with Gasteiger partial charge < -0.3 is 9.47 Å². The third-order valence-electron chi connectivity index (χ3n) is 4.58. The van der Waals surface area contributed by atoms with Crippen LogP contribution in [0.5, 0.6) is 0 Å². The van der Waals surface area contributed by atoms with Crippen molar-refractivity contribution >= 4 is 5.97 Å². The second-order valence-corrected chi connectivity index (χ2v) is 6.82. The smallest absolute Gasteiger partial charge is 0.305 e. The first-order chi connectivity index (χ1) is 11.8. The number of carbonyl (C=O) groups excluding carboxylic acids is 1. The van der Waals surface area contributed by atoms with Crippen LogP contribution in [0.3, 0.4) is 0 Å². The Kier molecular flexibility index (Phi) is 12.6. The molecule has 1 heterocycles. The first kappa shape index (κ1) is 21.0. The number of unbranched alkanes of at least 4 members (excludes halogenated alkanes) is 10. The second kappa shape index (κ2) is 14.3. The van der Waals surface area contributed by atoms with Crippen molar-refractivity contribution in [2.24, 2.45) is 0 Å². The van der Waals surface area contributed by atoms with E-state index in [1.54, 1.807) is 0 Å². The Morgan fingerprint density at radius 3 is 2.21 bits per heavy atom. The highest BCUT2D eigenvalue weighted by molar-refractivity contribution is 5.68. The van der Waals surface area contributed by atoms with Crippen LogP contribution in [0.2, 0.25) is 0 Å². The number of esters is 1. The van der Waals surface area contributed by atoms with Gasteiger partial charge in [0, 0.05) is 12.8 Å². The zero-order chi connectivity index (χ0) is 17.5. The van der Waals surface area contributed by atoms with Gasteiger partial charge >= 0.3 is 5.97 Å². The van der Waals surface area contributed by atoms with Crippen molar-refractivity contribution in [3.8, 4) is 11.8 Å². The second-order valence-electron chi connectivity index (χ2n) is 6.82. The fraction of sp³-hybridized carbons (Fsp3) is 0.857. The topological polar surface area (TPSA) is 38.8 Å². The number of methoxy groups -OCH3 is 1. The molecular weight excluding hydrogens is 300 g/mol. The standard InChI is InChI=1S/C21H36O3/c1-3-4-5-6-7-8-9-10-11-12-13-14-16-19-20(24-19)17-15-18-21(22)23-2/h19-20H,3-13,15,17-18H2,1-2H3/t19?,20-/m1/s1. The van der Waals surface area contributed by atoms with Gasteiger partial charge in [-0.2, -0.15) is 0 Å². The van der Waals surface area contributed by atoms with Gasteiger partial charge in [0.2, 0.25) is 0 Å². The molecule has 0 N–H and O–H groups in total. The molecule has 0 aliphatic carbocycles. The van der Waals surface area contributed by atoms with Crippen LogP contribution >= 0.6 is 0 Å². The monoisotopic (exact) mass is 336 g/mol. The molecule has 3 heteroatoms. The molecule has 0 aromatic carbocycles. The first-order valence-corrected chi connectivity index (χ1v) is 9.98. The zero-order valence-electron chi connectivity index (χ0n) is 15.8. The maximum Gasteiger partial charge on any atom is 0.305 e. The lowest BCUT2D eigenvalue weighted by molar-refractivity contribution is -0.140. The Bertz CT molecular complexity index is 380. The summed E-state index contributed by atoms with van der Waals surface area (Å²) in [6.07, 6.45) is 17.2. The minimum absolute atomic E-state index is 0.116. The molecule has 2 atom stereocenters. The quantitative estimate of drug-likeness (QED) is 0.184. The fourth-order valence-corrected chi connectivity index (χ4v) is 2.91. The van der Waals surface area contributed by atoms with Gasteiger partial charge in [0.25, 0.3) is 0 Å². The van der Waals surface area contributed by atoms with Crippen molar-refractivity contribution in [2.75, 3.05) is 7.11 Å². The normalized spacial score (nSPS) is 18.8. The molecule has 0 bridgehead atoms. The Balaban J connectivity index is 1.83.